The van der Waals surface area contributed by atoms with Crippen molar-refractivity contribution in [2.24, 2.45) is 0 Å². The van der Waals surface area contributed by atoms with Crippen LogP contribution in [0, 0.1) is 10.1 Å². The molecule has 0 atom stereocenters. The summed E-state index contributed by atoms with van der Waals surface area (Å²) in [6.45, 7) is 2.76. The minimum Gasteiger partial charge on any atom is -0.390 e. The van der Waals surface area contributed by atoms with Crippen LogP contribution < -0.4 is 4.90 Å². The van der Waals surface area contributed by atoms with Crippen LogP contribution in [-0.2, 0) is 4.74 Å². The Morgan fingerprint density at radius 2 is 2.29 bits per heavy atom. The number of nitro groups is 1. The first-order valence-electron chi connectivity index (χ1n) is 4.29. The third-order valence-electron chi connectivity index (χ3n) is 2.07. The maximum atomic E-state index is 10.4. The second kappa shape index (κ2) is 3.62. The first-order chi connectivity index (χ1) is 6.77. The Labute approximate surface area is 79.8 Å². The van der Waals surface area contributed by atoms with Crippen molar-refractivity contribution < 1.29 is 9.66 Å². The van der Waals surface area contributed by atoms with Gasteiger partial charge in [0.2, 0.25) is 5.82 Å². The minimum absolute atomic E-state index is 0.216. The molecule has 1 aromatic heterocycles. The number of H-pyrrole nitrogens is 1. The van der Waals surface area contributed by atoms with Crippen LogP contribution in [0.2, 0.25) is 0 Å². The van der Waals surface area contributed by atoms with Crippen LogP contribution >= 0.6 is 0 Å². The van der Waals surface area contributed by atoms with E-state index in [1.165, 1.54) is 6.20 Å². The maximum Gasteiger partial charge on any atom is 0.433 e. The summed E-state index contributed by atoms with van der Waals surface area (Å²) in [4.78, 5) is 18.1. The summed E-state index contributed by atoms with van der Waals surface area (Å²) in [7, 11) is 0. The van der Waals surface area contributed by atoms with E-state index in [1.807, 2.05) is 4.90 Å². The molecule has 1 aromatic rings. The van der Waals surface area contributed by atoms with E-state index in [-0.39, 0.29) is 5.95 Å². The maximum absolute atomic E-state index is 10.4. The van der Waals surface area contributed by atoms with E-state index in [1.54, 1.807) is 0 Å². The molecule has 0 unspecified atom stereocenters. The summed E-state index contributed by atoms with van der Waals surface area (Å²) < 4.78 is 5.17. The van der Waals surface area contributed by atoms with Crippen LogP contribution in [0.4, 0.5) is 11.8 Å². The number of imidazole rings is 1. The number of aromatic nitrogens is 2. The third kappa shape index (κ3) is 1.67. The largest absolute Gasteiger partial charge is 0.433 e. The highest BCUT2D eigenvalue weighted by Crippen LogP contribution is 2.15. The predicted molar refractivity (Wildman–Crippen MR) is 48.3 cm³/mol. The van der Waals surface area contributed by atoms with Gasteiger partial charge in [-0.15, -0.1) is 0 Å². The molecule has 7 heteroatoms. The molecule has 1 saturated heterocycles. The third-order valence-corrected chi connectivity index (χ3v) is 2.07. The molecule has 2 rings (SSSR count). The van der Waals surface area contributed by atoms with Gasteiger partial charge in [-0.25, -0.2) is 4.98 Å². The molecule has 0 aromatic carbocycles. The van der Waals surface area contributed by atoms with Crippen LogP contribution in [-0.4, -0.2) is 41.2 Å². The van der Waals surface area contributed by atoms with E-state index in [9.17, 15) is 10.1 Å². The fourth-order valence-electron chi connectivity index (χ4n) is 1.36. The molecule has 0 radical (unpaired) electrons. The molecule has 76 valence electrons. The van der Waals surface area contributed by atoms with Crippen molar-refractivity contribution in [2.45, 2.75) is 0 Å². The van der Waals surface area contributed by atoms with Crippen molar-refractivity contribution in [3.63, 3.8) is 0 Å². The highest BCUT2D eigenvalue weighted by atomic mass is 16.6. The molecular weight excluding hydrogens is 188 g/mol. The molecule has 0 bridgehead atoms. The lowest BCUT2D eigenvalue weighted by Crippen LogP contribution is -2.36. The minimum atomic E-state index is -0.538. The quantitative estimate of drug-likeness (QED) is 0.540. The van der Waals surface area contributed by atoms with Crippen molar-refractivity contribution in [2.75, 3.05) is 31.2 Å². The second-order valence-corrected chi connectivity index (χ2v) is 2.95. The van der Waals surface area contributed by atoms with Crippen LogP contribution in [0.25, 0.3) is 0 Å². The van der Waals surface area contributed by atoms with Gasteiger partial charge in [0.25, 0.3) is 0 Å². The van der Waals surface area contributed by atoms with Gasteiger partial charge in [0.05, 0.1) is 13.2 Å². The summed E-state index contributed by atoms with van der Waals surface area (Å²) >= 11 is 0. The predicted octanol–water partition coefficient (Wildman–Crippen LogP) is 0.154. The number of aromatic amines is 1. The van der Waals surface area contributed by atoms with Gasteiger partial charge >= 0.3 is 5.95 Å². The summed E-state index contributed by atoms with van der Waals surface area (Å²) in [5, 5.41) is 10.4. The van der Waals surface area contributed by atoms with Crippen molar-refractivity contribution in [3.8, 4) is 0 Å². The Morgan fingerprint density at radius 1 is 1.57 bits per heavy atom. The lowest BCUT2D eigenvalue weighted by molar-refractivity contribution is -0.393. The number of morpholine rings is 1. The van der Waals surface area contributed by atoms with Gasteiger partial charge in [-0.1, -0.05) is 4.98 Å². The molecule has 0 saturated carbocycles. The number of hydrogen-bond acceptors (Lipinski definition) is 5. The zero-order chi connectivity index (χ0) is 9.97. The number of nitrogens with one attached hydrogen (secondary N) is 1. The van der Waals surface area contributed by atoms with E-state index >= 15 is 0 Å². The molecule has 0 spiro atoms. The number of rotatable bonds is 2. The first-order valence-corrected chi connectivity index (χ1v) is 4.29. The van der Waals surface area contributed by atoms with Gasteiger partial charge < -0.3 is 19.8 Å². The zero-order valence-electron chi connectivity index (χ0n) is 7.47. The average Bonchev–Trinajstić information content (AvgIpc) is 2.68. The monoisotopic (exact) mass is 198 g/mol. The summed E-state index contributed by atoms with van der Waals surface area (Å²) in [5.74, 6) is 0.464. The smallest absolute Gasteiger partial charge is 0.390 e. The fourth-order valence-corrected chi connectivity index (χ4v) is 1.36. The average molecular weight is 198 g/mol. The lowest BCUT2D eigenvalue weighted by atomic mass is 10.4. The molecule has 0 amide bonds. The SMILES string of the molecule is O=[N+]([O-])c1ncc(N2CCOCC2)[nH]1. The van der Waals surface area contributed by atoms with E-state index < -0.39 is 4.92 Å². The molecular formula is C7H10N4O3. The lowest BCUT2D eigenvalue weighted by Gasteiger charge is -2.25. The first kappa shape index (κ1) is 8.95. The van der Waals surface area contributed by atoms with Crippen LogP contribution in [0.3, 0.4) is 0 Å². The number of anilines is 1. The zero-order valence-corrected chi connectivity index (χ0v) is 7.47. The fraction of sp³-hybridized carbons (Fsp3) is 0.571. The highest BCUT2D eigenvalue weighted by Gasteiger charge is 2.18. The molecule has 1 fully saturated rings. The Bertz CT molecular complexity index is 331. The Balaban J connectivity index is 2.11. The summed E-state index contributed by atoms with van der Waals surface area (Å²) in [6, 6.07) is 0. The van der Waals surface area contributed by atoms with E-state index in [2.05, 4.69) is 9.97 Å². The Morgan fingerprint density at radius 3 is 2.86 bits per heavy atom. The van der Waals surface area contributed by atoms with Crippen molar-refractivity contribution in [3.05, 3.63) is 16.3 Å². The Hall–Kier alpha value is -1.63. The van der Waals surface area contributed by atoms with Gasteiger partial charge in [0.1, 0.15) is 0 Å². The highest BCUT2D eigenvalue weighted by molar-refractivity contribution is 5.39. The van der Waals surface area contributed by atoms with Crippen LogP contribution in [0.15, 0.2) is 6.20 Å². The number of ether oxygens (including phenoxy) is 1. The normalized spacial score (nSPS) is 17.0. The van der Waals surface area contributed by atoms with E-state index in [0.717, 1.165) is 13.1 Å². The van der Waals surface area contributed by atoms with Crippen molar-refractivity contribution in [1.29, 1.82) is 0 Å². The summed E-state index contributed by atoms with van der Waals surface area (Å²) in [6.07, 6.45) is 1.48. The van der Waals surface area contributed by atoms with E-state index in [4.69, 9.17) is 4.74 Å². The van der Waals surface area contributed by atoms with Crippen LogP contribution in [0.1, 0.15) is 0 Å². The standard InChI is InChI=1S/C7H10N4O3/c12-11(13)7-8-5-6(9-7)10-1-3-14-4-2-10/h5H,1-4H2,(H,8,9). The van der Waals surface area contributed by atoms with E-state index in [0.29, 0.717) is 19.0 Å². The molecule has 14 heavy (non-hydrogen) atoms. The van der Waals surface area contributed by atoms with Crippen LogP contribution in [0.5, 0.6) is 0 Å². The van der Waals surface area contributed by atoms with Gasteiger partial charge in [0, 0.05) is 13.1 Å². The van der Waals surface area contributed by atoms with Gasteiger partial charge in [-0.05, 0) is 4.92 Å². The molecule has 0 aliphatic carbocycles. The number of nitrogens with zero attached hydrogens (tertiary/aromatic N) is 3. The molecule has 2 heterocycles. The van der Waals surface area contributed by atoms with Gasteiger partial charge in [-0.2, -0.15) is 0 Å². The summed E-state index contributed by atoms with van der Waals surface area (Å²) in [5.41, 5.74) is 0. The topological polar surface area (TPSA) is 84.3 Å². The Kier molecular flexibility index (Phi) is 2.32. The van der Waals surface area contributed by atoms with Crippen molar-refractivity contribution in [1.82, 2.24) is 9.97 Å². The number of hydrogen-bond donors (Lipinski definition) is 1. The molecule has 1 aliphatic rings. The molecule has 1 N–H and O–H groups in total. The molecule has 1 aliphatic heterocycles. The van der Waals surface area contributed by atoms with Gasteiger partial charge in [0.15, 0.2) is 6.20 Å². The molecule has 7 nitrogen and oxygen atoms in total. The van der Waals surface area contributed by atoms with Crippen molar-refractivity contribution >= 4 is 11.8 Å². The van der Waals surface area contributed by atoms with Gasteiger partial charge in [-0.3, -0.25) is 0 Å². The second-order valence-electron chi connectivity index (χ2n) is 2.95.